The van der Waals surface area contributed by atoms with Crippen molar-refractivity contribution in [2.24, 2.45) is 0 Å². The van der Waals surface area contributed by atoms with Crippen LogP contribution in [0.4, 0.5) is 0 Å². The van der Waals surface area contributed by atoms with Crippen LogP contribution in [-0.2, 0) is 25.8 Å². The highest BCUT2D eigenvalue weighted by Gasteiger charge is 2.14. The molecule has 1 aromatic heterocycles. The number of nitrogens with zero attached hydrogens (tertiary/aromatic N) is 1. The number of aromatic amines is 1. The SMILES string of the molecule is Cc1ccc(S(=O)(=O)OCCOCn2cc(C)c(=O)[nH]c2=O)cc1. The second-order valence-corrected chi connectivity index (χ2v) is 6.78. The lowest BCUT2D eigenvalue weighted by molar-refractivity contribution is 0.0524. The summed E-state index contributed by atoms with van der Waals surface area (Å²) in [6.45, 7) is 3.07. The molecule has 0 radical (unpaired) electrons. The van der Waals surface area contributed by atoms with Crippen LogP contribution in [-0.4, -0.2) is 31.2 Å². The van der Waals surface area contributed by atoms with Gasteiger partial charge in [0.15, 0.2) is 0 Å². The second-order valence-electron chi connectivity index (χ2n) is 5.17. The number of aromatic nitrogens is 2. The first-order valence-electron chi connectivity index (χ1n) is 7.14. The van der Waals surface area contributed by atoms with E-state index in [0.717, 1.165) is 5.56 Å². The topological polar surface area (TPSA) is 107 Å². The van der Waals surface area contributed by atoms with Crippen LogP contribution in [0.3, 0.4) is 0 Å². The quantitative estimate of drug-likeness (QED) is 0.574. The molecule has 0 fully saturated rings. The van der Waals surface area contributed by atoms with Gasteiger partial charge in [-0.1, -0.05) is 17.7 Å². The Labute approximate surface area is 138 Å². The maximum atomic E-state index is 11.9. The lowest BCUT2D eigenvalue weighted by atomic mass is 10.2. The van der Waals surface area contributed by atoms with Crippen molar-refractivity contribution in [3.63, 3.8) is 0 Å². The van der Waals surface area contributed by atoms with E-state index >= 15 is 0 Å². The van der Waals surface area contributed by atoms with E-state index in [0.29, 0.717) is 5.56 Å². The number of benzene rings is 1. The maximum Gasteiger partial charge on any atom is 0.330 e. The molecule has 1 aromatic carbocycles. The van der Waals surface area contributed by atoms with E-state index in [1.54, 1.807) is 19.1 Å². The predicted octanol–water partition coefficient (Wildman–Crippen LogP) is 0.533. The summed E-state index contributed by atoms with van der Waals surface area (Å²) < 4.78 is 35.1. The van der Waals surface area contributed by atoms with Crippen LogP contribution in [0, 0.1) is 13.8 Å². The number of rotatable bonds is 7. The average Bonchev–Trinajstić information content (AvgIpc) is 2.52. The molecule has 0 aliphatic heterocycles. The predicted molar refractivity (Wildman–Crippen MR) is 86.3 cm³/mol. The van der Waals surface area contributed by atoms with Gasteiger partial charge in [-0.05, 0) is 26.0 Å². The lowest BCUT2D eigenvalue weighted by Gasteiger charge is -2.08. The Morgan fingerprint density at radius 2 is 1.75 bits per heavy atom. The van der Waals surface area contributed by atoms with E-state index in [1.165, 1.54) is 22.9 Å². The fourth-order valence-corrected chi connectivity index (χ4v) is 2.75. The highest BCUT2D eigenvalue weighted by Crippen LogP contribution is 2.12. The average molecular weight is 354 g/mol. The first kappa shape index (κ1) is 18.1. The molecule has 2 aromatic rings. The number of ether oxygens (including phenoxy) is 1. The van der Waals surface area contributed by atoms with Crippen LogP contribution in [0.2, 0.25) is 0 Å². The van der Waals surface area contributed by atoms with Crippen molar-refractivity contribution < 1.29 is 17.3 Å². The monoisotopic (exact) mass is 354 g/mol. The number of H-pyrrole nitrogens is 1. The Hall–Kier alpha value is -2.23. The van der Waals surface area contributed by atoms with Gasteiger partial charge in [-0.15, -0.1) is 0 Å². The minimum Gasteiger partial charge on any atom is -0.358 e. The number of hydrogen-bond acceptors (Lipinski definition) is 6. The maximum absolute atomic E-state index is 11.9. The van der Waals surface area contributed by atoms with Gasteiger partial charge in [-0.3, -0.25) is 18.5 Å². The number of nitrogens with one attached hydrogen (secondary N) is 1. The van der Waals surface area contributed by atoms with Crippen molar-refractivity contribution in [3.05, 3.63) is 62.4 Å². The zero-order chi connectivity index (χ0) is 17.7. The van der Waals surface area contributed by atoms with Crippen molar-refractivity contribution >= 4 is 10.1 Å². The molecule has 0 spiro atoms. The molecule has 8 nitrogen and oxygen atoms in total. The Morgan fingerprint density at radius 1 is 1.08 bits per heavy atom. The molecule has 0 aliphatic carbocycles. The second kappa shape index (κ2) is 7.56. The summed E-state index contributed by atoms with van der Waals surface area (Å²) in [5.41, 5.74) is 0.262. The third kappa shape index (κ3) is 4.63. The molecule has 0 saturated carbocycles. The number of aryl methyl sites for hydroxylation is 2. The van der Waals surface area contributed by atoms with Crippen LogP contribution in [0.15, 0.2) is 44.9 Å². The van der Waals surface area contributed by atoms with Crippen LogP contribution in [0.25, 0.3) is 0 Å². The fraction of sp³-hybridized carbons (Fsp3) is 0.333. The summed E-state index contributed by atoms with van der Waals surface area (Å²) in [6, 6.07) is 6.29. The largest absolute Gasteiger partial charge is 0.358 e. The number of hydrogen-bond donors (Lipinski definition) is 1. The van der Waals surface area contributed by atoms with Crippen molar-refractivity contribution in [1.82, 2.24) is 9.55 Å². The Balaban J connectivity index is 1.85. The molecule has 0 aliphatic rings. The summed E-state index contributed by atoms with van der Waals surface area (Å²) in [5, 5.41) is 0. The van der Waals surface area contributed by atoms with Gasteiger partial charge in [-0.25, -0.2) is 4.79 Å². The standard InChI is InChI=1S/C15H18N2O6S/c1-11-3-5-13(6-4-11)24(20,21)23-8-7-22-10-17-9-12(2)14(18)16-15(17)19/h3-6,9H,7-8,10H2,1-2H3,(H,16,18,19). The molecular weight excluding hydrogens is 336 g/mol. The molecule has 9 heteroatoms. The Kier molecular flexibility index (Phi) is 5.71. The third-order valence-corrected chi connectivity index (χ3v) is 4.52. The molecule has 0 atom stereocenters. The lowest BCUT2D eigenvalue weighted by Crippen LogP contribution is -2.31. The smallest absolute Gasteiger partial charge is 0.330 e. The van der Waals surface area contributed by atoms with E-state index < -0.39 is 21.4 Å². The highest BCUT2D eigenvalue weighted by molar-refractivity contribution is 7.86. The van der Waals surface area contributed by atoms with E-state index in [2.05, 4.69) is 4.98 Å². The molecular formula is C15H18N2O6S. The molecule has 1 N–H and O–H groups in total. The van der Waals surface area contributed by atoms with Gasteiger partial charge in [0.25, 0.3) is 15.7 Å². The summed E-state index contributed by atoms with van der Waals surface area (Å²) in [6.07, 6.45) is 1.37. The molecule has 24 heavy (non-hydrogen) atoms. The molecule has 130 valence electrons. The first-order chi connectivity index (χ1) is 11.3. The highest BCUT2D eigenvalue weighted by atomic mass is 32.2. The van der Waals surface area contributed by atoms with Gasteiger partial charge in [0, 0.05) is 11.8 Å². The van der Waals surface area contributed by atoms with E-state index in [1.807, 2.05) is 6.92 Å². The van der Waals surface area contributed by atoms with Crippen LogP contribution >= 0.6 is 0 Å². The van der Waals surface area contributed by atoms with Crippen LogP contribution < -0.4 is 11.2 Å². The van der Waals surface area contributed by atoms with Gasteiger partial charge >= 0.3 is 5.69 Å². The molecule has 0 amide bonds. The summed E-state index contributed by atoms with van der Waals surface area (Å²) in [4.78, 5) is 25.0. The molecule has 2 rings (SSSR count). The zero-order valence-electron chi connectivity index (χ0n) is 13.3. The van der Waals surface area contributed by atoms with Crippen LogP contribution in [0.1, 0.15) is 11.1 Å². The van der Waals surface area contributed by atoms with E-state index in [9.17, 15) is 18.0 Å². The summed E-state index contributed by atoms with van der Waals surface area (Å²) in [7, 11) is -3.84. The van der Waals surface area contributed by atoms with E-state index in [4.69, 9.17) is 8.92 Å². The van der Waals surface area contributed by atoms with Gasteiger partial charge in [0.2, 0.25) is 0 Å². The molecule has 0 bridgehead atoms. The molecule has 0 saturated heterocycles. The fourth-order valence-electron chi connectivity index (χ4n) is 1.85. The van der Waals surface area contributed by atoms with Gasteiger partial charge in [0.1, 0.15) is 6.73 Å². The third-order valence-electron chi connectivity index (χ3n) is 3.20. The minimum absolute atomic E-state index is 0.0320. The molecule has 0 unspecified atom stereocenters. The summed E-state index contributed by atoms with van der Waals surface area (Å²) >= 11 is 0. The summed E-state index contributed by atoms with van der Waals surface area (Å²) in [5.74, 6) is 0. The Morgan fingerprint density at radius 3 is 2.42 bits per heavy atom. The van der Waals surface area contributed by atoms with Gasteiger partial charge in [-0.2, -0.15) is 8.42 Å². The normalized spacial score (nSPS) is 11.6. The van der Waals surface area contributed by atoms with Crippen molar-refractivity contribution in [1.29, 1.82) is 0 Å². The van der Waals surface area contributed by atoms with Gasteiger partial charge in [0.05, 0.1) is 18.1 Å². The van der Waals surface area contributed by atoms with Crippen molar-refractivity contribution in [3.8, 4) is 0 Å². The molecule has 1 heterocycles. The first-order valence-corrected chi connectivity index (χ1v) is 8.54. The zero-order valence-corrected chi connectivity index (χ0v) is 14.1. The minimum atomic E-state index is -3.84. The Bertz CT molecular complexity index is 912. The van der Waals surface area contributed by atoms with Crippen molar-refractivity contribution in [2.75, 3.05) is 13.2 Å². The van der Waals surface area contributed by atoms with Gasteiger partial charge < -0.3 is 4.74 Å². The van der Waals surface area contributed by atoms with E-state index in [-0.39, 0.29) is 24.8 Å². The van der Waals surface area contributed by atoms with Crippen LogP contribution in [0.5, 0.6) is 0 Å². The van der Waals surface area contributed by atoms with Crippen molar-refractivity contribution in [2.45, 2.75) is 25.5 Å².